The van der Waals surface area contributed by atoms with E-state index in [0.29, 0.717) is 5.56 Å². The van der Waals surface area contributed by atoms with Crippen molar-refractivity contribution in [3.8, 4) is 0 Å². The Hall–Kier alpha value is -1.42. The number of halogens is 1. The maximum absolute atomic E-state index is 14.1. The summed E-state index contributed by atoms with van der Waals surface area (Å²) in [5.74, 6) is -0.250. The fraction of sp³-hybridized carbons (Fsp3) is 0.562. The topological polar surface area (TPSA) is 32.3 Å². The van der Waals surface area contributed by atoms with E-state index in [1.54, 1.807) is 12.1 Å². The number of nitrogens with one attached hydrogen (secondary N) is 1. The number of likely N-dealkylation sites (N-methyl/N-ethyl adjacent to an activating group) is 1. The van der Waals surface area contributed by atoms with Crippen molar-refractivity contribution >= 4 is 5.91 Å². The second-order valence-electron chi connectivity index (χ2n) is 6.14. The highest BCUT2D eigenvalue weighted by atomic mass is 19.1. The van der Waals surface area contributed by atoms with Gasteiger partial charge in [0.25, 0.3) is 0 Å². The van der Waals surface area contributed by atoms with Gasteiger partial charge in [-0.3, -0.25) is 4.79 Å². The lowest BCUT2D eigenvalue weighted by molar-refractivity contribution is -0.130. The SMILES string of the molecule is CN1CCC(NC(=O)C2(c3ccccc3F)CCC2)C1. The number of benzene rings is 1. The second kappa shape index (κ2) is 5.17. The zero-order chi connectivity index (χ0) is 14.2. The van der Waals surface area contributed by atoms with E-state index in [9.17, 15) is 9.18 Å². The molecular weight excluding hydrogens is 255 g/mol. The lowest BCUT2D eigenvalue weighted by Gasteiger charge is -2.41. The van der Waals surface area contributed by atoms with Crippen molar-refractivity contribution in [2.75, 3.05) is 20.1 Å². The maximum Gasteiger partial charge on any atom is 0.231 e. The first-order valence-corrected chi connectivity index (χ1v) is 7.36. The van der Waals surface area contributed by atoms with Crippen LogP contribution in [0.15, 0.2) is 24.3 Å². The number of amides is 1. The summed E-state index contributed by atoms with van der Waals surface area (Å²) in [6.45, 7) is 1.90. The molecule has 0 spiro atoms. The minimum absolute atomic E-state index is 0.00847. The molecule has 1 N–H and O–H groups in total. The highest BCUT2D eigenvalue weighted by Crippen LogP contribution is 2.45. The van der Waals surface area contributed by atoms with Crippen molar-refractivity contribution < 1.29 is 9.18 Å². The van der Waals surface area contributed by atoms with Gasteiger partial charge in [-0.15, -0.1) is 0 Å². The molecular formula is C16H21FN2O. The highest BCUT2D eigenvalue weighted by molar-refractivity contribution is 5.89. The zero-order valence-electron chi connectivity index (χ0n) is 11.9. The van der Waals surface area contributed by atoms with Crippen LogP contribution in [0.25, 0.3) is 0 Å². The maximum atomic E-state index is 14.1. The molecule has 1 saturated heterocycles. The van der Waals surface area contributed by atoms with Gasteiger partial charge >= 0.3 is 0 Å². The molecule has 1 aliphatic heterocycles. The number of hydrogen-bond donors (Lipinski definition) is 1. The van der Waals surface area contributed by atoms with Gasteiger partial charge in [0.15, 0.2) is 0 Å². The van der Waals surface area contributed by atoms with Crippen molar-refractivity contribution in [1.29, 1.82) is 0 Å². The van der Waals surface area contributed by atoms with Crippen LogP contribution < -0.4 is 5.32 Å². The van der Waals surface area contributed by atoms with E-state index >= 15 is 0 Å². The lowest BCUT2D eigenvalue weighted by atomic mass is 9.63. The van der Waals surface area contributed by atoms with Gasteiger partial charge in [-0.25, -0.2) is 4.39 Å². The monoisotopic (exact) mass is 276 g/mol. The molecule has 0 bridgehead atoms. The summed E-state index contributed by atoms with van der Waals surface area (Å²) in [6.07, 6.45) is 3.48. The summed E-state index contributed by atoms with van der Waals surface area (Å²) in [5, 5.41) is 3.13. The molecule has 1 aromatic carbocycles. The molecule has 3 rings (SSSR count). The number of hydrogen-bond acceptors (Lipinski definition) is 2. The predicted octanol–water partition coefficient (Wildman–Crippen LogP) is 2.07. The first-order chi connectivity index (χ1) is 9.62. The van der Waals surface area contributed by atoms with Crippen LogP contribution in [0.3, 0.4) is 0 Å². The zero-order valence-corrected chi connectivity index (χ0v) is 11.9. The van der Waals surface area contributed by atoms with Gasteiger partial charge in [-0.2, -0.15) is 0 Å². The molecule has 1 amide bonds. The lowest BCUT2D eigenvalue weighted by Crippen LogP contribution is -2.52. The van der Waals surface area contributed by atoms with Gasteiger partial charge in [0.1, 0.15) is 5.82 Å². The summed E-state index contributed by atoms with van der Waals surface area (Å²) in [5.41, 5.74) is -0.0675. The molecule has 1 atom stereocenters. The quantitative estimate of drug-likeness (QED) is 0.916. The van der Waals surface area contributed by atoms with E-state index in [1.807, 2.05) is 6.07 Å². The molecule has 0 radical (unpaired) electrons. The standard InChI is InChI=1S/C16H21FN2O/c1-19-10-7-12(11-19)18-15(20)16(8-4-9-16)13-5-2-3-6-14(13)17/h2-3,5-6,12H,4,7-11H2,1H3,(H,18,20). The molecule has 20 heavy (non-hydrogen) atoms. The summed E-state index contributed by atoms with van der Waals surface area (Å²) < 4.78 is 14.1. The minimum Gasteiger partial charge on any atom is -0.351 e. The van der Waals surface area contributed by atoms with Gasteiger partial charge in [0.2, 0.25) is 5.91 Å². The Labute approximate surface area is 119 Å². The van der Waals surface area contributed by atoms with E-state index in [4.69, 9.17) is 0 Å². The Balaban J connectivity index is 1.79. The first-order valence-electron chi connectivity index (χ1n) is 7.36. The van der Waals surface area contributed by atoms with E-state index < -0.39 is 5.41 Å². The number of carbonyl (C=O) groups is 1. The molecule has 1 aliphatic carbocycles. The number of carbonyl (C=O) groups excluding carboxylic acids is 1. The van der Waals surface area contributed by atoms with E-state index in [0.717, 1.165) is 38.8 Å². The average Bonchev–Trinajstić information content (AvgIpc) is 2.76. The summed E-state index contributed by atoms with van der Waals surface area (Å²) >= 11 is 0. The van der Waals surface area contributed by atoms with Crippen LogP contribution in [0.1, 0.15) is 31.2 Å². The van der Waals surface area contributed by atoms with Crippen LogP contribution in [-0.2, 0) is 10.2 Å². The molecule has 1 saturated carbocycles. The fourth-order valence-corrected chi connectivity index (χ4v) is 3.37. The third-order valence-corrected chi connectivity index (χ3v) is 4.76. The van der Waals surface area contributed by atoms with Crippen LogP contribution >= 0.6 is 0 Å². The molecule has 2 fully saturated rings. The summed E-state index contributed by atoms with van der Waals surface area (Å²) in [4.78, 5) is 14.9. The van der Waals surface area contributed by atoms with Crippen molar-refractivity contribution in [3.63, 3.8) is 0 Å². The Morgan fingerprint density at radius 2 is 2.15 bits per heavy atom. The third kappa shape index (κ3) is 2.22. The van der Waals surface area contributed by atoms with Gasteiger partial charge < -0.3 is 10.2 Å². The van der Waals surface area contributed by atoms with Gasteiger partial charge in [0.05, 0.1) is 5.41 Å². The average molecular weight is 276 g/mol. The second-order valence-corrected chi connectivity index (χ2v) is 6.14. The number of rotatable bonds is 3. The molecule has 3 nitrogen and oxygen atoms in total. The van der Waals surface area contributed by atoms with Crippen LogP contribution in [0.2, 0.25) is 0 Å². The molecule has 1 aromatic rings. The molecule has 1 heterocycles. The van der Waals surface area contributed by atoms with Gasteiger partial charge in [-0.05, 0) is 38.9 Å². The van der Waals surface area contributed by atoms with Crippen molar-refractivity contribution in [3.05, 3.63) is 35.6 Å². The Bertz CT molecular complexity index is 513. The van der Waals surface area contributed by atoms with E-state index in [-0.39, 0.29) is 17.8 Å². The van der Waals surface area contributed by atoms with E-state index in [1.165, 1.54) is 6.07 Å². The van der Waals surface area contributed by atoms with Crippen LogP contribution in [-0.4, -0.2) is 37.0 Å². The fourth-order valence-electron chi connectivity index (χ4n) is 3.37. The summed E-state index contributed by atoms with van der Waals surface area (Å²) in [6, 6.07) is 6.90. The van der Waals surface area contributed by atoms with Crippen molar-refractivity contribution in [1.82, 2.24) is 10.2 Å². The van der Waals surface area contributed by atoms with Crippen molar-refractivity contribution in [2.45, 2.75) is 37.1 Å². The van der Waals surface area contributed by atoms with Gasteiger partial charge in [-0.1, -0.05) is 24.6 Å². The van der Waals surface area contributed by atoms with Crippen LogP contribution in [0.5, 0.6) is 0 Å². The normalized spacial score (nSPS) is 25.2. The number of likely N-dealkylation sites (tertiary alicyclic amines) is 1. The Morgan fingerprint density at radius 3 is 2.70 bits per heavy atom. The highest BCUT2D eigenvalue weighted by Gasteiger charge is 2.47. The smallest absolute Gasteiger partial charge is 0.231 e. The molecule has 1 unspecified atom stereocenters. The van der Waals surface area contributed by atoms with Crippen LogP contribution in [0, 0.1) is 5.82 Å². The Morgan fingerprint density at radius 1 is 1.40 bits per heavy atom. The first kappa shape index (κ1) is 13.6. The molecule has 2 aliphatic rings. The third-order valence-electron chi connectivity index (χ3n) is 4.76. The van der Waals surface area contributed by atoms with Crippen LogP contribution in [0.4, 0.5) is 4.39 Å². The summed E-state index contributed by atoms with van der Waals surface area (Å²) in [7, 11) is 2.06. The predicted molar refractivity (Wildman–Crippen MR) is 76.0 cm³/mol. The number of nitrogens with zero attached hydrogens (tertiary/aromatic N) is 1. The van der Waals surface area contributed by atoms with Crippen molar-refractivity contribution in [2.24, 2.45) is 0 Å². The molecule has 108 valence electrons. The largest absolute Gasteiger partial charge is 0.351 e. The van der Waals surface area contributed by atoms with Gasteiger partial charge in [0, 0.05) is 18.2 Å². The minimum atomic E-state index is -0.632. The Kier molecular flexibility index (Phi) is 3.50. The molecule has 4 heteroatoms. The van der Waals surface area contributed by atoms with E-state index in [2.05, 4.69) is 17.3 Å². The molecule has 0 aromatic heterocycles.